The van der Waals surface area contributed by atoms with Crippen molar-refractivity contribution in [2.45, 2.75) is 12.5 Å². The van der Waals surface area contributed by atoms with Crippen LogP contribution < -0.4 is 10.6 Å². The van der Waals surface area contributed by atoms with Crippen LogP contribution in [-0.4, -0.2) is 70.0 Å². The maximum atomic E-state index is 12.1. The SMILES string of the molecule is CN=C(NCCc1cccc(C(=O)N(C)C)c1)NCC(c1cccs1)N(C)C. The fourth-order valence-corrected chi connectivity index (χ4v) is 3.80. The number of guanidine groups is 1. The van der Waals surface area contributed by atoms with Crippen LogP contribution in [0.25, 0.3) is 0 Å². The minimum atomic E-state index is 0.0237. The van der Waals surface area contributed by atoms with Gasteiger partial charge in [-0.25, -0.2) is 0 Å². The molecule has 6 nitrogen and oxygen atoms in total. The molecule has 0 aliphatic heterocycles. The van der Waals surface area contributed by atoms with E-state index in [4.69, 9.17) is 0 Å². The van der Waals surface area contributed by atoms with Crippen LogP contribution in [0, 0.1) is 0 Å². The van der Waals surface area contributed by atoms with Gasteiger partial charge in [-0.05, 0) is 49.7 Å². The minimum absolute atomic E-state index is 0.0237. The lowest BCUT2D eigenvalue weighted by Gasteiger charge is -2.24. The van der Waals surface area contributed by atoms with Crippen LogP contribution in [0.5, 0.6) is 0 Å². The third-order valence-electron chi connectivity index (χ3n) is 4.47. The van der Waals surface area contributed by atoms with Crippen molar-refractivity contribution in [2.75, 3.05) is 48.3 Å². The van der Waals surface area contributed by atoms with Crippen molar-refractivity contribution in [3.63, 3.8) is 0 Å². The number of likely N-dealkylation sites (N-methyl/N-ethyl adjacent to an activating group) is 1. The first-order chi connectivity index (χ1) is 13.4. The van der Waals surface area contributed by atoms with Gasteiger partial charge in [-0.3, -0.25) is 9.79 Å². The van der Waals surface area contributed by atoms with E-state index in [2.05, 4.69) is 52.1 Å². The quantitative estimate of drug-likeness (QED) is 0.527. The number of benzene rings is 1. The Morgan fingerprint density at radius 2 is 1.93 bits per heavy atom. The lowest BCUT2D eigenvalue weighted by Crippen LogP contribution is -2.42. The molecule has 1 amide bonds. The smallest absolute Gasteiger partial charge is 0.253 e. The molecule has 0 saturated heterocycles. The van der Waals surface area contributed by atoms with Gasteiger partial charge in [-0.2, -0.15) is 0 Å². The molecule has 2 aromatic rings. The Balaban J connectivity index is 1.86. The van der Waals surface area contributed by atoms with Crippen molar-refractivity contribution in [1.82, 2.24) is 20.4 Å². The second kappa shape index (κ2) is 10.8. The van der Waals surface area contributed by atoms with Crippen molar-refractivity contribution in [2.24, 2.45) is 4.99 Å². The largest absolute Gasteiger partial charge is 0.356 e. The predicted molar refractivity (Wildman–Crippen MR) is 118 cm³/mol. The van der Waals surface area contributed by atoms with Gasteiger partial charge in [-0.1, -0.05) is 18.2 Å². The van der Waals surface area contributed by atoms with E-state index in [1.807, 2.05) is 24.3 Å². The third-order valence-corrected chi connectivity index (χ3v) is 5.44. The maximum absolute atomic E-state index is 12.1. The highest BCUT2D eigenvalue weighted by atomic mass is 32.1. The molecule has 152 valence electrons. The second-order valence-electron chi connectivity index (χ2n) is 7.02. The molecule has 1 unspecified atom stereocenters. The van der Waals surface area contributed by atoms with Gasteiger partial charge in [0.15, 0.2) is 5.96 Å². The average molecular weight is 402 g/mol. The van der Waals surface area contributed by atoms with Gasteiger partial charge in [0.25, 0.3) is 5.91 Å². The molecule has 2 N–H and O–H groups in total. The van der Waals surface area contributed by atoms with Gasteiger partial charge < -0.3 is 20.4 Å². The Labute approximate surface area is 172 Å². The summed E-state index contributed by atoms with van der Waals surface area (Å²) in [5.41, 5.74) is 1.84. The lowest BCUT2D eigenvalue weighted by atomic mass is 10.1. The topological polar surface area (TPSA) is 60.0 Å². The van der Waals surface area contributed by atoms with Crippen molar-refractivity contribution in [3.05, 3.63) is 57.8 Å². The molecule has 0 radical (unpaired) electrons. The van der Waals surface area contributed by atoms with Gasteiger partial charge in [0.05, 0.1) is 6.04 Å². The first kappa shape index (κ1) is 21.9. The summed E-state index contributed by atoms with van der Waals surface area (Å²) >= 11 is 1.77. The molecule has 0 spiro atoms. The molecule has 2 rings (SSSR count). The average Bonchev–Trinajstić information content (AvgIpc) is 3.20. The van der Waals surface area contributed by atoms with Crippen LogP contribution in [0.2, 0.25) is 0 Å². The van der Waals surface area contributed by atoms with Crippen LogP contribution in [0.4, 0.5) is 0 Å². The molecule has 0 bridgehead atoms. The molecule has 28 heavy (non-hydrogen) atoms. The predicted octanol–water partition coefficient (Wildman–Crippen LogP) is 2.46. The number of nitrogens with one attached hydrogen (secondary N) is 2. The Kier molecular flexibility index (Phi) is 8.47. The number of hydrogen-bond donors (Lipinski definition) is 2. The number of carbonyl (C=O) groups is 1. The zero-order chi connectivity index (χ0) is 20.5. The van der Waals surface area contributed by atoms with Gasteiger partial charge in [0.1, 0.15) is 0 Å². The molecule has 0 saturated carbocycles. The highest BCUT2D eigenvalue weighted by Crippen LogP contribution is 2.22. The van der Waals surface area contributed by atoms with Crippen molar-refractivity contribution < 1.29 is 4.79 Å². The van der Waals surface area contributed by atoms with Crippen molar-refractivity contribution in [3.8, 4) is 0 Å². The van der Waals surface area contributed by atoms with E-state index < -0.39 is 0 Å². The number of aliphatic imine (C=N–C) groups is 1. The summed E-state index contributed by atoms with van der Waals surface area (Å²) in [4.78, 5) is 21.6. The highest BCUT2D eigenvalue weighted by molar-refractivity contribution is 7.10. The van der Waals surface area contributed by atoms with E-state index in [9.17, 15) is 4.79 Å². The van der Waals surface area contributed by atoms with Crippen LogP contribution in [0.1, 0.15) is 26.8 Å². The Morgan fingerprint density at radius 3 is 2.54 bits per heavy atom. The van der Waals surface area contributed by atoms with Crippen LogP contribution in [0.3, 0.4) is 0 Å². The summed E-state index contributed by atoms with van der Waals surface area (Å²) in [6, 6.07) is 12.3. The van der Waals surface area contributed by atoms with Crippen LogP contribution in [-0.2, 0) is 6.42 Å². The molecular weight excluding hydrogens is 370 g/mol. The lowest BCUT2D eigenvalue weighted by molar-refractivity contribution is 0.0827. The fraction of sp³-hybridized carbons (Fsp3) is 0.429. The Hall–Kier alpha value is -2.38. The Morgan fingerprint density at radius 1 is 1.14 bits per heavy atom. The van der Waals surface area contributed by atoms with E-state index in [0.29, 0.717) is 6.04 Å². The van der Waals surface area contributed by atoms with E-state index in [1.165, 1.54) is 4.88 Å². The van der Waals surface area contributed by atoms with E-state index >= 15 is 0 Å². The molecule has 0 fully saturated rings. The van der Waals surface area contributed by atoms with Gasteiger partial charge in [0, 0.05) is 44.7 Å². The monoisotopic (exact) mass is 401 g/mol. The zero-order valence-corrected chi connectivity index (χ0v) is 18.2. The number of amides is 1. The van der Waals surface area contributed by atoms with Gasteiger partial charge in [0.2, 0.25) is 0 Å². The second-order valence-corrected chi connectivity index (χ2v) is 8.00. The van der Waals surface area contributed by atoms with Crippen LogP contribution >= 0.6 is 11.3 Å². The minimum Gasteiger partial charge on any atom is -0.356 e. The molecule has 1 aromatic heterocycles. The molecule has 1 aromatic carbocycles. The summed E-state index contributed by atoms with van der Waals surface area (Å²) in [5, 5.41) is 8.88. The molecular formula is C21H31N5OS. The van der Waals surface area contributed by atoms with Gasteiger partial charge in [-0.15, -0.1) is 11.3 Å². The van der Waals surface area contributed by atoms with Gasteiger partial charge >= 0.3 is 0 Å². The molecule has 7 heteroatoms. The van der Waals surface area contributed by atoms with Crippen molar-refractivity contribution in [1.29, 1.82) is 0 Å². The number of carbonyl (C=O) groups excluding carboxylic acids is 1. The molecule has 0 aliphatic rings. The van der Waals surface area contributed by atoms with E-state index in [0.717, 1.165) is 36.6 Å². The Bertz CT molecular complexity index is 771. The third kappa shape index (κ3) is 6.35. The summed E-state index contributed by atoms with van der Waals surface area (Å²) in [6.07, 6.45) is 0.817. The molecule has 0 aliphatic carbocycles. The number of thiophene rings is 1. The number of nitrogens with zero attached hydrogens (tertiary/aromatic N) is 3. The van der Waals surface area contributed by atoms with Crippen molar-refractivity contribution >= 4 is 23.2 Å². The summed E-state index contributed by atoms with van der Waals surface area (Å²) < 4.78 is 0. The molecule has 1 heterocycles. The summed E-state index contributed by atoms with van der Waals surface area (Å²) in [6.45, 7) is 1.52. The first-order valence-electron chi connectivity index (χ1n) is 9.37. The number of rotatable bonds is 8. The van der Waals surface area contributed by atoms with E-state index in [1.54, 1.807) is 37.4 Å². The normalized spacial score (nSPS) is 12.7. The zero-order valence-electron chi connectivity index (χ0n) is 17.4. The number of hydrogen-bond acceptors (Lipinski definition) is 4. The highest BCUT2D eigenvalue weighted by Gasteiger charge is 2.15. The first-order valence-corrected chi connectivity index (χ1v) is 10.2. The van der Waals surface area contributed by atoms with E-state index in [-0.39, 0.29) is 5.91 Å². The maximum Gasteiger partial charge on any atom is 0.253 e. The summed E-state index contributed by atoms with van der Waals surface area (Å²) in [5.74, 6) is 0.805. The standard InChI is InChI=1S/C21H31N5OS/c1-22-21(24-15-18(25(2)3)19-10-7-13-28-19)23-12-11-16-8-6-9-17(14-16)20(27)26(4)5/h6-10,13-14,18H,11-12,15H2,1-5H3,(H2,22,23,24). The summed E-state index contributed by atoms with van der Waals surface area (Å²) in [7, 11) is 9.49. The fourth-order valence-electron chi connectivity index (χ4n) is 2.88. The molecule has 1 atom stereocenters. The van der Waals surface area contributed by atoms with Crippen LogP contribution in [0.15, 0.2) is 46.8 Å².